The number of carbonyl (C=O) groups excluding carboxylic acids is 2. The minimum atomic E-state index is -0.548. The second-order valence-electron chi connectivity index (χ2n) is 3.74. The van der Waals surface area contributed by atoms with Crippen LogP contribution in [-0.4, -0.2) is 34.8 Å². The van der Waals surface area contributed by atoms with Gasteiger partial charge >= 0.3 is 0 Å². The third kappa shape index (κ3) is 2.18. The summed E-state index contributed by atoms with van der Waals surface area (Å²) in [6, 6.07) is 4.60. The van der Waals surface area contributed by atoms with Gasteiger partial charge in [-0.25, -0.2) is 10.8 Å². The van der Waals surface area contributed by atoms with Crippen molar-refractivity contribution in [1.82, 2.24) is 9.88 Å². The number of aromatic nitrogens is 1. The van der Waals surface area contributed by atoms with Crippen molar-refractivity contribution in [3.8, 4) is 0 Å². The highest BCUT2D eigenvalue weighted by Crippen LogP contribution is 2.16. The Labute approximate surface area is 98.0 Å². The van der Waals surface area contributed by atoms with Gasteiger partial charge < -0.3 is 10.7 Å². The van der Waals surface area contributed by atoms with Gasteiger partial charge in [0.05, 0.1) is 6.42 Å². The molecule has 2 heterocycles. The molecule has 2 amide bonds. The monoisotopic (exact) mass is 235 g/mol. The van der Waals surface area contributed by atoms with E-state index < -0.39 is 6.04 Å². The van der Waals surface area contributed by atoms with E-state index in [9.17, 15) is 9.59 Å². The molecular weight excluding hydrogens is 222 g/mol. The Morgan fingerprint density at radius 3 is 2.71 bits per heavy atom. The Bertz CT molecular complexity index is 462. The van der Waals surface area contributed by atoms with Gasteiger partial charge in [-0.2, -0.15) is 0 Å². The molecule has 0 spiro atoms. The summed E-state index contributed by atoms with van der Waals surface area (Å²) in [7, 11) is 1.47. The number of amides is 2. The van der Waals surface area contributed by atoms with E-state index in [0.29, 0.717) is 11.6 Å². The van der Waals surface area contributed by atoms with Crippen molar-refractivity contribution in [2.45, 2.75) is 12.5 Å². The molecule has 1 atom stereocenters. The lowest BCUT2D eigenvalue weighted by Gasteiger charge is -2.12. The number of anilines is 2. The molecule has 1 saturated heterocycles. The van der Waals surface area contributed by atoms with Gasteiger partial charge in [0.2, 0.25) is 5.91 Å². The van der Waals surface area contributed by atoms with E-state index in [4.69, 9.17) is 5.84 Å². The number of likely N-dealkylation sites (tertiary alicyclic amines) is 1. The topological polar surface area (TPSA) is 100 Å². The zero-order valence-corrected chi connectivity index (χ0v) is 9.30. The van der Waals surface area contributed by atoms with Crippen molar-refractivity contribution in [2.24, 2.45) is 5.84 Å². The van der Waals surface area contributed by atoms with Gasteiger partial charge in [0, 0.05) is 7.05 Å². The molecule has 17 heavy (non-hydrogen) atoms. The highest BCUT2D eigenvalue weighted by Gasteiger charge is 2.36. The minimum Gasteiger partial charge on any atom is -0.358 e. The van der Waals surface area contributed by atoms with Crippen molar-refractivity contribution in [2.75, 3.05) is 17.8 Å². The van der Waals surface area contributed by atoms with Crippen molar-refractivity contribution in [1.29, 1.82) is 0 Å². The molecule has 0 aromatic carbocycles. The van der Waals surface area contributed by atoms with Gasteiger partial charge in [0.1, 0.15) is 17.7 Å². The van der Waals surface area contributed by atoms with Gasteiger partial charge in [-0.05, 0) is 12.1 Å². The Balaban J connectivity index is 2.11. The minimum absolute atomic E-state index is 0.150. The smallest absolute Gasteiger partial charge is 0.251 e. The number of pyridine rings is 1. The normalized spacial score (nSPS) is 19.6. The zero-order chi connectivity index (χ0) is 12.4. The molecule has 1 aliphatic rings. The average molecular weight is 235 g/mol. The molecule has 7 heteroatoms. The largest absolute Gasteiger partial charge is 0.358 e. The van der Waals surface area contributed by atoms with Crippen molar-refractivity contribution in [3.63, 3.8) is 0 Å². The average Bonchev–Trinajstić information content (AvgIpc) is 2.57. The number of nitrogens with two attached hydrogens (primary N) is 1. The number of hydrogen-bond donors (Lipinski definition) is 3. The lowest BCUT2D eigenvalue weighted by atomic mass is 10.2. The fourth-order valence-corrected chi connectivity index (χ4v) is 1.64. The molecule has 1 aromatic rings. The summed E-state index contributed by atoms with van der Waals surface area (Å²) in [5, 5.41) is 2.91. The van der Waals surface area contributed by atoms with Gasteiger partial charge in [0.15, 0.2) is 0 Å². The van der Waals surface area contributed by atoms with Gasteiger partial charge in [-0.15, -0.1) is 0 Å². The van der Waals surface area contributed by atoms with Crippen LogP contribution < -0.4 is 16.6 Å². The first-order chi connectivity index (χ1) is 8.11. The molecule has 90 valence electrons. The van der Waals surface area contributed by atoms with Crippen molar-refractivity contribution < 1.29 is 9.59 Å². The van der Waals surface area contributed by atoms with Gasteiger partial charge in [0.25, 0.3) is 5.91 Å². The fraction of sp³-hybridized carbons (Fsp3) is 0.300. The summed E-state index contributed by atoms with van der Waals surface area (Å²) in [4.78, 5) is 28.2. The molecule has 1 aliphatic heterocycles. The number of rotatable bonds is 3. The Kier molecular flexibility index (Phi) is 2.92. The Hall–Kier alpha value is -2.15. The summed E-state index contributed by atoms with van der Waals surface area (Å²) in [6.07, 6.45) is 0.150. The standard InChI is InChI=1S/C10H13N5O2/c1-15-9(16)5-6(10(15)17)12-7-3-2-4-8(13-7)14-11/h2-4,6H,5,11H2,1H3,(H2,12,13,14). The lowest BCUT2D eigenvalue weighted by Crippen LogP contribution is -2.32. The number of hydrazine groups is 1. The SMILES string of the molecule is CN1C(=O)CC(Nc2cccc(NN)n2)C1=O. The van der Waals surface area contributed by atoms with Crippen LogP contribution in [0.5, 0.6) is 0 Å². The molecule has 0 radical (unpaired) electrons. The van der Waals surface area contributed by atoms with Crippen LogP contribution in [0.1, 0.15) is 6.42 Å². The first kappa shape index (κ1) is 11.3. The predicted molar refractivity (Wildman–Crippen MR) is 61.9 cm³/mol. The van der Waals surface area contributed by atoms with Crippen LogP contribution in [0.25, 0.3) is 0 Å². The van der Waals surface area contributed by atoms with E-state index in [1.165, 1.54) is 7.05 Å². The predicted octanol–water partition coefficient (Wildman–Crippen LogP) is -0.464. The number of carbonyl (C=O) groups is 2. The summed E-state index contributed by atoms with van der Waals surface area (Å²) in [6.45, 7) is 0. The van der Waals surface area contributed by atoms with Gasteiger partial charge in [-0.1, -0.05) is 6.07 Å². The highest BCUT2D eigenvalue weighted by atomic mass is 16.2. The second-order valence-corrected chi connectivity index (χ2v) is 3.74. The molecule has 1 aromatic heterocycles. The molecular formula is C10H13N5O2. The van der Waals surface area contributed by atoms with Crippen LogP contribution in [0.15, 0.2) is 18.2 Å². The van der Waals surface area contributed by atoms with Crippen LogP contribution in [0.4, 0.5) is 11.6 Å². The quantitative estimate of drug-likeness (QED) is 0.372. The van der Waals surface area contributed by atoms with Gasteiger partial charge in [-0.3, -0.25) is 14.5 Å². The third-order valence-electron chi connectivity index (χ3n) is 2.60. The Morgan fingerprint density at radius 2 is 2.12 bits per heavy atom. The van der Waals surface area contributed by atoms with Crippen molar-refractivity contribution >= 4 is 23.5 Å². The molecule has 1 fully saturated rings. The number of hydrogen-bond acceptors (Lipinski definition) is 6. The van der Waals surface area contributed by atoms with Crippen LogP contribution in [0.3, 0.4) is 0 Å². The number of imide groups is 1. The third-order valence-corrected chi connectivity index (χ3v) is 2.60. The van der Waals surface area contributed by atoms with E-state index in [1.807, 2.05) is 0 Å². The summed E-state index contributed by atoms with van der Waals surface area (Å²) < 4.78 is 0. The summed E-state index contributed by atoms with van der Waals surface area (Å²) >= 11 is 0. The number of nitrogens with one attached hydrogen (secondary N) is 2. The van der Waals surface area contributed by atoms with Crippen LogP contribution in [0, 0.1) is 0 Å². The number of nitrogens with zero attached hydrogens (tertiary/aromatic N) is 2. The fourth-order valence-electron chi connectivity index (χ4n) is 1.64. The molecule has 4 N–H and O–H groups in total. The van der Waals surface area contributed by atoms with Crippen LogP contribution in [0.2, 0.25) is 0 Å². The molecule has 7 nitrogen and oxygen atoms in total. The summed E-state index contributed by atoms with van der Waals surface area (Å²) in [5.74, 6) is 5.78. The highest BCUT2D eigenvalue weighted by molar-refractivity contribution is 6.06. The first-order valence-corrected chi connectivity index (χ1v) is 5.12. The molecule has 0 bridgehead atoms. The molecule has 0 saturated carbocycles. The van der Waals surface area contributed by atoms with E-state index in [-0.39, 0.29) is 18.2 Å². The maximum absolute atomic E-state index is 11.6. The molecule has 0 aliphatic carbocycles. The lowest BCUT2D eigenvalue weighted by molar-refractivity contribution is -0.136. The number of likely N-dealkylation sites (N-methyl/N-ethyl adjacent to an activating group) is 1. The molecule has 2 rings (SSSR count). The van der Waals surface area contributed by atoms with E-state index in [0.717, 1.165) is 4.90 Å². The Morgan fingerprint density at radius 1 is 1.41 bits per heavy atom. The summed E-state index contributed by atoms with van der Waals surface area (Å²) in [5.41, 5.74) is 2.41. The van der Waals surface area contributed by atoms with Crippen LogP contribution in [-0.2, 0) is 9.59 Å². The first-order valence-electron chi connectivity index (χ1n) is 5.12. The van der Waals surface area contributed by atoms with E-state index >= 15 is 0 Å². The molecule has 1 unspecified atom stereocenters. The van der Waals surface area contributed by atoms with E-state index in [1.54, 1.807) is 18.2 Å². The maximum atomic E-state index is 11.6. The maximum Gasteiger partial charge on any atom is 0.251 e. The van der Waals surface area contributed by atoms with E-state index in [2.05, 4.69) is 15.7 Å². The van der Waals surface area contributed by atoms with Crippen molar-refractivity contribution in [3.05, 3.63) is 18.2 Å². The number of nitrogen functional groups attached to an aromatic ring is 1. The zero-order valence-electron chi connectivity index (χ0n) is 9.30. The second kappa shape index (κ2) is 4.38. The van der Waals surface area contributed by atoms with Crippen LogP contribution >= 0.6 is 0 Å².